The smallest absolute Gasteiger partial charge is 0.170 e. The molecule has 0 saturated heterocycles. The first-order valence-electron chi connectivity index (χ1n) is 2.95. The number of rotatable bonds is 1. The number of halogens is 4. The van der Waals surface area contributed by atoms with Gasteiger partial charge in [-0.1, -0.05) is 36.4 Å². The molecule has 0 rings (SSSR count). The first-order chi connectivity index (χ1) is 4.19. The Hall–Kier alpha value is 0.520. The van der Waals surface area contributed by atoms with E-state index in [1.165, 1.54) is 29.5 Å². The molecule has 0 radical (unpaired) electrons. The van der Waals surface area contributed by atoms with Crippen LogP contribution in [0.25, 0.3) is 0 Å². The van der Waals surface area contributed by atoms with E-state index in [0.717, 1.165) is 0 Å². The molecular weight excluding hydrogens is 256 g/mol. The molecule has 0 aliphatic rings. The lowest BCUT2D eigenvalue weighted by molar-refractivity contribution is -0.158. The molecule has 0 aromatic heterocycles. The second kappa shape index (κ2) is 2.87. The minimum Gasteiger partial charge on any atom is -0.170 e. The van der Waals surface area contributed by atoms with Crippen LogP contribution in [-0.2, 0) is 0 Å². The van der Waals surface area contributed by atoms with Gasteiger partial charge in [-0.15, -0.1) is 0 Å². The Morgan fingerprint density at radius 2 is 1.50 bits per heavy atom. The Kier molecular flexibility index (Phi) is 3.02. The van der Waals surface area contributed by atoms with Crippen LogP contribution >= 0.6 is 22.6 Å². The molecule has 0 aliphatic carbocycles. The van der Waals surface area contributed by atoms with Gasteiger partial charge in [-0.3, -0.25) is 0 Å². The van der Waals surface area contributed by atoms with E-state index >= 15 is 0 Å². The molecule has 0 heterocycles. The van der Waals surface area contributed by atoms with E-state index < -0.39 is 9.60 Å². The lowest BCUT2D eigenvalue weighted by atomic mass is 9.98. The molecule has 0 N–H and O–H groups in total. The van der Waals surface area contributed by atoms with Crippen molar-refractivity contribution in [1.29, 1.82) is 0 Å². The first-order valence-corrected chi connectivity index (χ1v) is 4.03. The minimum absolute atomic E-state index is 0.381. The highest BCUT2D eigenvalue weighted by Gasteiger charge is 2.50. The lowest BCUT2D eigenvalue weighted by Gasteiger charge is -2.29. The Morgan fingerprint density at radius 3 is 1.50 bits per heavy atom. The van der Waals surface area contributed by atoms with Gasteiger partial charge < -0.3 is 0 Å². The summed E-state index contributed by atoms with van der Waals surface area (Å²) in [5.41, 5.74) is 0. The molecule has 0 spiro atoms. The first kappa shape index (κ1) is 10.5. The van der Waals surface area contributed by atoms with Crippen LogP contribution in [0.3, 0.4) is 0 Å². The zero-order chi connectivity index (χ0) is 8.58. The Morgan fingerprint density at radius 1 is 1.20 bits per heavy atom. The van der Waals surface area contributed by atoms with Crippen LogP contribution in [0.15, 0.2) is 0 Å². The average Bonchev–Trinajstić information content (AvgIpc) is 1.62. The van der Waals surface area contributed by atoms with Crippen molar-refractivity contribution in [3.8, 4) is 0 Å². The van der Waals surface area contributed by atoms with E-state index in [1.54, 1.807) is 13.8 Å². The second-order valence-corrected chi connectivity index (χ2v) is 4.97. The molecule has 0 aliphatic heterocycles. The van der Waals surface area contributed by atoms with Crippen molar-refractivity contribution in [3.05, 3.63) is 0 Å². The molecular formula is C6H10F3I. The van der Waals surface area contributed by atoms with Gasteiger partial charge in [0.25, 0.3) is 0 Å². The van der Waals surface area contributed by atoms with Gasteiger partial charge in [-0.2, -0.15) is 13.2 Å². The van der Waals surface area contributed by atoms with Gasteiger partial charge in [-0.05, 0) is 12.8 Å². The molecule has 0 amide bonds. The van der Waals surface area contributed by atoms with Gasteiger partial charge in [0.2, 0.25) is 0 Å². The molecule has 0 aromatic carbocycles. The van der Waals surface area contributed by atoms with Gasteiger partial charge in [0.15, 0.2) is 0 Å². The van der Waals surface area contributed by atoms with Gasteiger partial charge in [0.1, 0.15) is 3.42 Å². The number of hydrogen-bond acceptors (Lipinski definition) is 0. The normalized spacial score (nSPS) is 19.2. The molecule has 4 heteroatoms. The third-order valence-electron chi connectivity index (χ3n) is 1.64. The van der Waals surface area contributed by atoms with Crippen molar-refractivity contribution in [3.63, 3.8) is 0 Å². The van der Waals surface area contributed by atoms with Crippen molar-refractivity contribution >= 4 is 22.6 Å². The van der Waals surface area contributed by atoms with Crippen molar-refractivity contribution in [1.82, 2.24) is 0 Å². The van der Waals surface area contributed by atoms with E-state index in [9.17, 15) is 13.2 Å². The summed E-state index contributed by atoms with van der Waals surface area (Å²) in [6.45, 7) is 4.35. The average molecular weight is 266 g/mol. The third-order valence-corrected chi connectivity index (χ3v) is 3.50. The Balaban J connectivity index is 4.40. The molecule has 0 fully saturated rings. The van der Waals surface area contributed by atoms with E-state index in [4.69, 9.17) is 0 Å². The van der Waals surface area contributed by atoms with Crippen LogP contribution in [0.2, 0.25) is 0 Å². The molecule has 0 nitrogen and oxygen atoms in total. The van der Waals surface area contributed by atoms with Crippen molar-refractivity contribution in [2.45, 2.75) is 30.4 Å². The highest BCUT2D eigenvalue weighted by atomic mass is 127. The Bertz CT molecular complexity index is 115. The molecule has 1 atom stereocenters. The van der Waals surface area contributed by atoms with E-state index in [2.05, 4.69) is 0 Å². The topological polar surface area (TPSA) is 0 Å². The molecule has 0 bridgehead atoms. The summed E-state index contributed by atoms with van der Waals surface area (Å²) in [5.74, 6) is -0.381. The summed E-state index contributed by atoms with van der Waals surface area (Å²) in [4.78, 5) is 0. The van der Waals surface area contributed by atoms with Crippen LogP contribution in [0.4, 0.5) is 13.2 Å². The minimum atomic E-state index is -4.10. The summed E-state index contributed by atoms with van der Waals surface area (Å²) >= 11 is 1.45. The van der Waals surface area contributed by atoms with E-state index in [0.29, 0.717) is 0 Å². The highest BCUT2D eigenvalue weighted by molar-refractivity contribution is 14.1. The SMILES string of the molecule is CC(C)C(C)(I)C(F)(F)F. The molecule has 62 valence electrons. The summed E-state index contributed by atoms with van der Waals surface area (Å²) in [5, 5.41) is 0. The fraction of sp³-hybridized carbons (Fsp3) is 1.00. The van der Waals surface area contributed by atoms with Crippen LogP contribution < -0.4 is 0 Å². The van der Waals surface area contributed by atoms with Crippen molar-refractivity contribution < 1.29 is 13.2 Å². The maximum atomic E-state index is 12.1. The fourth-order valence-corrected chi connectivity index (χ4v) is 0.327. The van der Waals surface area contributed by atoms with Crippen molar-refractivity contribution in [2.24, 2.45) is 5.92 Å². The van der Waals surface area contributed by atoms with Crippen LogP contribution in [0.5, 0.6) is 0 Å². The van der Waals surface area contributed by atoms with Crippen molar-refractivity contribution in [2.75, 3.05) is 0 Å². The monoisotopic (exact) mass is 266 g/mol. The summed E-state index contributed by atoms with van der Waals surface area (Å²) in [6.07, 6.45) is -4.10. The predicted molar refractivity (Wildman–Crippen MR) is 43.3 cm³/mol. The maximum Gasteiger partial charge on any atom is 0.403 e. The molecule has 0 aromatic rings. The van der Waals surface area contributed by atoms with Gasteiger partial charge in [0.05, 0.1) is 0 Å². The fourth-order valence-electron chi connectivity index (χ4n) is 0.327. The summed E-state index contributed by atoms with van der Waals surface area (Å²) in [6, 6.07) is 0. The largest absolute Gasteiger partial charge is 0.403 e. The molecule has 1 unspecified atom stereocenters. The van der Waals surface area contributed by atoms with Gasteiger partial charge >= 0.3 is 6.18 Å². The standard InChI is InChI=1S/C6H10F3I/c1-4(2)5(3,10)6(7,8)9/h4H,1-3H3. The Labute approximate surface area is 72.3 Å². The van der Waals surface area contributed by atoms with Gasteiger partial charge in [-0.25, -0.2) is 0 Å². The second-order valence-electron chi connectivity index (χ2n) is 2.73. The predicted octanol–water partition coefficient (Wildman–Crippen LogP) is 3.40. The molecule has 0 saturated carbocycles. The quantitative estimate of drug-likeness (QED) is 0.504. The third kappa shape index (κ3) is 2.00. The molecule has 10 heavy (non-hydrogen) atoms. The lowest BCUT2D eigenvalue weighted by Crippen LogP contribution is -2.40. The zero-order valence-corrected chi connectivity index (χ0v) is 8.25. The van der Waals surface area contributed by atoms with E-state index in [-0.39, 0.29) is 5.92 Å². The summed E-state index contributed by atoms with van der Waals surface area (Å²) < 4.78 is 34.6. The highest BCUT2D eigenvalue weighted by Crippen LogP contribution is 2.43. The van der Waals surface area contributed by atoms with Gasteiger partial charge in [0, 0.05) is 0 Å². The zero-order valence-electron chi connectivity index (χ0n) is 6.09. The maximum absolute atomic E-state index is 12.1. The number of alkyl halides is 4. The van der Waals surface area contributed by atoms with Crippen LogP contribution in [0, 0.1) is 5.92 Å². The van der Waals surface area contributed by atoms with Crippen LogP contribution in [-0.4, -0.2) is 9.60 Å². The summed E-state index contributed by atoms with van der Waals surface area (Å²) in [7, 11) is 0. The van der Waals surface area contributed by atoms with Crippen LogP contribution in [0.1, 0.15) is 20.8 Å². The number of hydrogen-bond donors (Lipinski definition) is 0. The van der Waals surface area contributed by atoms with E-state index in [1.807, 2.05) is 0 Å².